The number of amides is 2. The summed E-state index contributed by atoms with van der Waals surface area (Å²) >= 11 is 0. The Hall–Kier alpha value is -3.22. The molecule has 2 aromatic rings. The van der Waals surface area contributed by atoms with Gasteiger partial charge in [0.1, 0.15) is 11.6 Å². The summed E-state index contributed by atoms with van der Waals surface area (Å²) in [6, 6.07) is 13.9. The van der Waals surface area contributed by atoms with E-state index in [1.807, 2.05) is 35.2 Å². The number of hydrogen-bond donors (Lipinski definition) is 2. The van der Waals surface area contributed by atoms with Gasteiger partial charge in [-0.3, -0.25) is 9.59 Å². The van der Waals surface area contributed by atoms with Gasteiger partial charge in [-0.05, 0) is 62.1 Å². The number of anilines is 1. The highest BCUT2D eigenvalue weighted by Gasteiger charge is 2.28. The molecule has 4 rings (SSSR count). The molecule has 7 nitrogen and oxygen atoms in total. The zero-order valence-corrected chi connectivity index (χ0v) is 20.6. The van der Waals surface area contributed by atoms with Crippen LogP contribution in [0.3, 0.4) is 0 Å². The van der Waals surface area contributed by atoms with Gasteiger partial charge in [0, 0.05) is 50.6 Å². The number of pyridine rings is 1. The van der Waals surface area contributed by atoms with Gasteiger partial charge in [-0.15, -0.1) is 0 Å². The van der Waals surface area contributed by atoms with E-state index in [1.165, 1.54) is 5.56 Å². The van der Waals surface area contributed by atoms with Gasteiger partial charge < -0.3 is 20.3 Å². The molecule has 1 aromatic carbocycles. The number of likely N-dealkylation sites (tertiary alicyclic amines) is 1. The van der Waals surface area contributed by atoms with Crippen molar-refractivity contribution in [3.63, 3.8) is 0 Å². The molecular formula is C28H36N4O3. The van der Waals surface area contributed by atoms with Crippen molar-refractivity contribution in [1.29, 1.82) is 0 Å². The van der Waals surface area contributed by atoms with Crippen molar-refractivity contribution in [3.05, 3.63) is 59.3 Å². The van der Waals surface area contributed by atoms with Crippen LogP contribution in [0.25, 0.3) is 0 Å². The molecule has 2 aliphatic rings. The summed E-state index contributed by atoms with van der Waals surface area (Å²) in [6.07, 6.45) is 5.64. The molecule has 0 spiro atoms. The fourth-order valence-electron chi connectivity index (χ4n) is 5.08. The minimum absolute atomic E-state index is 0.0337. The molecule has 2 atom stereocenters. The first kappa shape index (κ1) is 24.9. The highest BCUT2D eigenvalue weighted by molar-refractivity contribution is 5.81. The number of aromatic nitrogens is 1. The minimum atomic E-state index is -0.125. The van der Waals surface area contributed by atoms with Crippen molar-refractivity contribution >= 4 is 23.4 Å². The topological polar surface area (TPSA) is 91.4 Å². The number of ketones is 1. The highest BCUT2D eigenvalue weighted by atomic mass is 16.2. The molecule has 0 unspecified atom stereocenters. The van der Waals surface area contributed by atoms with E-state index in [0.717, 1.165) is 55.7 Å². The van der Waals surface area contributed by atoms with E-state index < -0.39 is 0 Å². The largest absolute Gasteiger partial charge is 0.370 e. The Morgan fingerprint density at radius 2 is 1.97 bits per heavy atom. The molecule has 3 heterocycles. The quantitative estimate of drug-likeness (QED) is 0.546. The molecule has 2 N–H and O–H groups in total. The maximum Gasteiger partial charge on any atom is 0.222 e. The molecule has 186 valence electrons. The van der Waals surface area contributed by atoms with Crippen LogP contribution in [-0.2, 0) is 27.2 Å². The number of aryl methyl sites for hydroxylation is 2. The van der Waals surface area contributed by atoms with Crippen LogP contribution >= 0.6 is 0 Å². The van der Waals surface area contributed by atoms with Gasteiger partial charge in [0.05, 0.1) is 0 Å². The van der Waals surface area contributed by atoms with Crippen LogP contribution in [0, 0.1) is 0 Å². The molecule has 0 aliphatic carbocycles. The van der Waals surface area contributed by atoms with Gasteiger partial charge in [0.2, 0.25) is 11.8 Å². The number of Topliss-reactive ketones (excluding diaryl/α,β-unsaturated/α-hetero) is 1. The monoisotopic (exact) mass is 476 g/mol. The van der Waals surface area contributed by atoms with E-state index in [9.17, 15) is 14.4 Å². The number of fused-ring (bicyclic) bond motifs is 1. The first-order valence-corrected chi connectivity index (χ1v) is 12.8. The van der Waals surface area contributed by atoms with Crippen molar-refractivity contribution in [2.75, 3.05) is 25.0 Å². The fourth-order valence-corrected chi connectivity index (χ4v) is 5.08. The Morgan fingerprint density at radius 3 is 2.77 bits per heavy atom. The predicted octanol–water partition coefficient (Wildman–Crippen LogP) is 3.63. The van der Waals surface area contributed by atoms with Crippen LogP contribution in [-0.4, -0.2) is 53.2 Å². The van der Waals surface area contributed by atoms with E-state index >= 15 is 0 Å². The number of nitrogens with zero attached hydrogens (tertiary/aromatic N) is 2. The number of carbonyl (C=O) groups excluding carboxylic acids is 3. The summed E-state index contributed by atoms with van der Waals surface area (Å²) in [5.74, 6) is 1.02. The predicted molar refractivity (Wildman–Crippen MR) is 136 cm³/mol. The van der Waals surface area contributed by atoms with E-state index in [0.29, 0.717) is 25.9 Å². The first-order chi connectivity index (χ1) is 17.0. The SMILES string of the molecule is CC(=O)C[C@@H](CC(=O)N[C@@H]1CCN(C(=O)CCCc2ccc3c(n2)NCCC3)C1)c1ccccc1. The van der Waals surface area contributed by atoms with Gasteiger partial charge in [-0.1, -0.05) is 36.4 Å². The summed E-state index contributed by atoms with van der Waals surface area (Å²) in [5.41, 5.74) is 3.30. The third kappa shape index (κ3) is 7.13. The normalized spacial score (nSPS) is 17.9. The van der Waals surface area contributed by atoms with Crippen molar-refractivity contribution < 1.29 is 14.4 Å². The molecule has 2 aliphatic heterocycles. The molecule has 1 aromatic heterocycles. The maximum absolute atomic E-state index is 12.7. The second-order valence-electron chi connectivity index (χ2n) is 9.80. The van der Waals surface area contributed by atoms with Crippen LogP contribution in [0.15, 0.2) is 42.5 Å². The van der Waals surface area contributed by atoms with Gasteiger partial charge in [0.15, 0.2) is 0 Å². The minimum Gasteiger partial charge on any atom is -0.370 e. The number of hydrogen-bond acceptors (Lipinski definition) is 5. The Morgan fingerprint density at radius 1 is 1.14 bits per heavy atom. The van der Waals surface area contributed by atoms with Gasteiger partial charge in [-0.25, -0.2) is 4.98 Å². The molecule has 7 heteroatoms. The zero-order chi connectivity index (χ0) is 24.6. The third-order valence-electron chi connectivity index (χ3n) is 6.92. The van der Waals surface area contributed by atoms with Crippen molar-refractivity contribution in [2.24, 2.45) is 0 Å². The van der Waals surface area contributed by atoms with Gasteiger partial charge >= 0.3 is 0 Å². The van der Waals surface area contributed by atoms with Gasteiger partial charge in [-0.2, -0.15) is 0 Å². The summed E-state index contributed by atoms with van der Waals surface area (Å²) < 4.78 is 0. The first-order valence-electron chi connectivity index (χ1n) is 12.8. The van der Waals surface area contributed by atoms with Crippen LogP contribution in [0.2, 0.25) is 0 Å². The lowest BCUT2D eigenvalue weighted by Gasteiger charge is -2.19. The lowest BCUT2D eigenvalue weighted by Crippen LogP contribution is -2.39. The highest BCUT2D eigenvalue weighted by Crippen LogP contribution is 2.24. The van der Waals surface area contributed by atoms with Crippen LogP contribution in [0.5, 0.6) is 0 Å². The van der Waals surface area contributed by atoms with E-state index in [2.05, 4.69) is 22.8 Å². The summed E-state index contributed by atoms with van der Waals surface area (Å²) in [6.45, 7) is 3.75. The number of nitrogens with one attached hydrogen (secondary N) is 2. The Bertz CT molecular complexity index is 1040. The number of rotatable bonds is 10. The average molecular weight is 477 g/mol. The smallest absolute Gasteiger partial charge is 0.222 e. The molecule has 2 amide bonds. The zero-order valence-electron chi connectivity index (χ0n) is 20.6. The standard InChI is InChI=1S/C28H36N4O3/c1-20(33)17-23(21-7-3-2-4-8-21)18-26(34)30-25-14-16-32(19-25)27(35)11-5-10-24-13-12-22-9-6-15-29-28(22)31-24/h2-4,7-8,12-13,23,25H,5-6,9-11,14-19H2,1H3,(H,29,31)(H,30,34)/t23-,25+/m0/s1. The van der Waals surface area contributed by atoms with Gasteiger partial charge in [0.25, 0.3) is 0 Å². The van der Waals surface area contributed by atoms with Crippen LogP contribution < -0.4 is 10.6 Å². The lowest BCUT2D eigenvalue weighted by molar-refractivity contribution is -0.130. The Labute approximate surface area is 207 Å². The van der Waals surface area contributed by atoms with Crippen molar-refractivity contribution in [3.8, 4) is 0 Å². The number of carbonyl (C=O) groups is 3. The van der Waals surface area contributed by atoms with E-state index in [1.54, 1.807) is 6.92 Å². The molecule has 0 saturated carbocycles. The van der Waals surface area contributed by atoms with E-state index in [-0.39, 0.29) is 36.0 Å². The Kier molecular flexibility index (Phi) is 8.50. The molecule has 0 bridgehead atoms. The average Bonchev–Trinajstić information content (AvgIpc) is 3.32. The molecule has 0 radical (unpaired) electrons. The molecule has 35 heavy (non-hydrogen) atoms. The molecule has 1 saturated heterocycles. The summed E-state index contributed by atoms with van der Waals surface area (Å²) in [7, 11) is 0. The fraction of sp³-hybridized carbons (Fsp3) is 0.500. The third-order valence-corrected chi connectivity index (χ3v) is 6.92. The lowest BCUT2D eigenvalue weighted by atomic mass is 9.90. The van der Waals surface area contributed by atoms with E-state index in [4.69, 9.17) is 4.98 Å². The number of benzene rings is 1. The van der Waals surface area contributed by atoms with Crippen molar-refractivity contribution in [2.45, 2.75) is 70.3 Å². The second-order valence-corrected chi connectivity index (χ2v) is 9.80. The molecular weight excluding hydrogens is 440 g/mol. The van der Waals surface area contributed by atoms with Crippen LogP contribution in [0.4, 0.5) is 5.82 Å². The second kappa shape index (κ2) is 12.0. The summed E-state index contributed by atoms with van der Waals surface area (Å²) in [5, 5.41) is 6.45. The Balaban J connectivity index is 1.20. The molecule has 1 fully saturated rings. The van der Waals surface area contributed by atoms with Crippen LogP contribution in [0.1, 0.15) is 68.2 Å². The van der Waals surface area contributed by atoms with Crippen molar-refractivity contribution in [1.82, 2.24) is 15.2 Å². The summed E-state index contributed by atoms with van der Waals surface area (Å²) in [4.78, 5) is 43.8. The maximum atomic E-state index is 12.7.